The van der Waals surface area contributed by atoms with Gasteiger partial charge in [0.05, 0.1) is 12.2 Å². The Morgan fingerprint density at radius 2 is 2.08 bits per heavy atom. The number of thiophene rings is 1. The maximum Gasteiger partial charge on any atom is 0.271 e. The van der Waals surface area contributed by atoms with E-state index in [2.05, 4.69) is 46.1 Å². The van der Waals surface area contributed by atoms with Gasteiger partial charge in [-0.3, -0.25) is 4.79 Å². The number of aryl methyl sites for hydroxylation is 1. The number of fused-ring (bicyclic) bond motifs is 1. The first-order chi connectivity index (χ1) is 12.8. The number of amides is 1. The standard InChI is InChI=1S/C20H19N3OS2/c1-2-9-23-17-8-4-3-6-14(17)11-18(23)20-22-16(13-26-20)19(24)21-12-15-7-5-10-25-15/h3-8,10-11,13H,2,9,12H2,1H3,(H,21,24). The SMILES string of the molecule is CCCn1c(-c2nc(C(=O)NCc3cccs3)cs2)cc2ccccc21. The van der Waals surface area contributed by atoms with Crippen molar-refractivity contribution in [1.29, 1.82) is 0 Å². The van der Waals surface area contributed by atoms with Crippen LogP contribution in [0.4, 0.5) is 0 Å². The highest BCUT2D eigenvalue weighted by Crippen LogP contribution is 2.30. The molecule has 0 aliphatic rings. The van der Waals surface area contributed by atoms with Crippen LogP contribution in [0.2, 0.25) is 0 Å². The van der Waals surface area contributed by atoms with Crippen molar-refractivity contribution in [2.75, 3.05) is 0 Å². The number of aromatic nitrogens is 2. The number of nitrogens with one attached hydrogen (secondary N) is 1. The molecule has 0 spiro atoms. The lowest BCUT2D eigenvalue weighted by Crippen LogP contribution is -2.22. The van der Waals surface area contributed by atoms with Crippen molar-refractivity contribution in [2.24, 2.45) is 0 Å². The van der Waals surface area contributed by atoms with Gasteiger partial charge in [-0.15, -0.1) is 22.7 Å². The largest absolute Gasteiger partial charge is 0.346 e. The number of hydrogen-bond donors (Lipinski definition) is 1. The van der Waals surface area contributed by atoms with Crippen LogP contribution in [0.3, 0.4) is 0 Å². The van der Waals surface area contributed by atoms with Crippen LogP contribution in [0.1, 0.15) is 28.7 Å². The first-order valence-electron chi connectivity index (χ1n) is 8.61. The molecule has 0 aliphatic carbocycles. The molecule has 0 bridgehead atoms. The molecule has 6 heteroatoms. The fourth-order valence-corrected chi connectivity index (χ4v) is 4.49. The lowest BCUT2D eigenvalue weighted by atomic mass is 10.2. The van der Waals surface area contributed by atoms with Gasteiger partial charge in [-0.2, -0.15) is 0 Å². The monoisotopic (exact) mass is 381 g/mol. The van der Waals surface area contributed by atoms with Gasteiger partial charge in [-0.25, -0.2) is 4.98 Å². The second-order valence-electron chi connectivity index (χ2n) is 6.04. The van der Waals surface area contributed by atoms with Crippen LogP contribution in [0.5, 0.6) is 0 Å². The fourth-order valence-electron chi connectivity index (χ4n) is 3.02. The molecule has 26 heavy (non-hydrogen) atoms. The van der Waals surface area contributed by atoms with E-state index in [1.165, 1.54) is 22.2 Å². The van der Waals surface area contributed by atoms with Gasteiger partial charge in [-0.05, 0) is 30.0 Å². The molecule has 0 radical (unpaired) electrons. The van der Waals surface area contributed by atoms with Gasteiger partial charge in [0.1, 0.15) is 10.7 Å². The summed E-state index contributed by atoms with van der Waals surface area (Å²) in [5.74, 6) is -0.126. The average molecular weight is 382 g/mol. The number of rotatable bonds is 6. The highest BCUT2D eigenvalue weighted by atomic mass is 32.1. The molecule has 4 rings (SSSR count). The van der Waals surface area contributed by atoms with E-state index in [1.807, 2.05) is 29.0 Å². The van der Waals surface area contributed by atoms with Gasteiger partial charge in [0.25, 0.3) is 5.91 Å². The molecule has 0 aliphatic heterocycles. The van der Waals surface area contributed by atoms with Crippen LogP contribution in [-0.2, 0) is 13.1 Å². The van der Waals surface area contributed by atoms with Crippen LogP contribution in [-0.4, -0.2) is 15.5 Å². The molecular formula is C20H19N3OS2. The molecule has 4 aromatic rings. The molecule has 0 fully saturated rings. The van der Waals surface area contributed by atoms with E-state index < -0.39 is 0 Å². The molecule has 1 amide bonds. The number of thiazole rings is 1. The van der Waals surface area contributed by atoms with E-state index in [-0.39, 0.29) is 5.91 Å². The zero-order valence-corrected chi connectivity index (χ0v) is 16.1. The average Bonchev–Trinajstić information content (AvgIpc) is 3.40. The Bertz CT molecular complexity index is 1030. The summed E-state index contributed by atoms with van der Waals surface area (Å²) in [7, 11) is 0. The third kappa shape index (κ3) is 3.30. The smallest absolute Gasteiger partial charge is 0.271 e. The maximum atomic E-state index is 12.4. The zero-order chi connectivity index (χ0) is 17.9. The maximum absolute atomic E-state index is 12.4. The molecule has 3 aromatic heterocycles. The summed E-state index contributed by atoms with van der Waals surface area (Å²) in [6.07, 6.45) is 1.05. The van der Waals surface area contributed by atoms with Crippen molar-refractivity contribution in [2.45, 2.75) is 26.4 Å². The van der Waals surface area contributed by atoms with E-state index in [0.717, 1.165) is 28.5 Å². The fraction of sp³-hybridized carbons (Fsp3) is 0.200. The summed E-state index contributed by atoms with van der Waals surface area (Å²) in [5, 5.41) is 8.88. The first kappa shape index (κ1) is 17.0. The number of para-hydroxylation sites is 1. The van der Waals surface area contributed by atoms with Crippen LogP contribution in [0.25, 0.3) is 21.6 Å². The Balaban J connectivity index is 1.60. The molecule has 0 atom stereocenters. The predicted octanol–water partition coefficient (Wildman–Crippen LogP) is 5.17. The van der Waals surface area contributed by atoms with Crippen molar-refractivity contribution in [3.8, 4) is 10.7 Å². The summed E-state index contributed by atoms with van der Waals surface area (Å²) in [5.41, 5.74) is 2.77. The number of carbonyl (C=O) groups excluding carboxylic acids is 1. The van der Waals surface area contributed by atoms with Gasteiger partial charge in [-0.1, -0.05) is 31.2 Å². The minimum atomic E-state index is -0.126. The lowest BCUT2D eigenvalue weighted by molar-refractivity contribution is 0.0947. The predicted molar refractivity (Wildman–Crippen MR) is 109 cm³/mol. The topological polar surface area (TPSA) is 46.9 Å². The summed E-state index contributed by atoms with van der Waals surface area (Å²) in [4.78, 5) is 18.1. The van der Waals surface area contributed by atoms with Crippen LogP contribution in [0.15, 0.2) is 53.2 Å². The molecule has 1 aromatic carbocycles. The summed E-state index contributed by atoms with van der Waals surface area (Å²) < 4.78 is 2.29. The summed E-state index contributed by atoms with van der Waals surface area (Å²) >= 11 is 3.16. The van der Waals surface area contributed by atoms with Crippen molar-refractivity contribution >= 4 is 39.5 Å². The molecule has 1 N–H and O–H groups in total. The number of hydrogen-bond acceptors (Lipinski definition) is 4. The molecule has 4 nitrogen and oxygen atoms in total. The van der Waals surface area contributed by atoms with Crippen molar-refractivity contribution in [3.05, 3.63) is 63.8 Å². The second kappa shape index (κ2) is 7.43. The Morgan fingerprint density at radius 1 is 1.19 bits per heavy atom. The Kier molecular flexibility index (Phi) is 4.86. The summed E-state index contributed by atoms with van der Waals surface area (Å²) in [6, 6.07) is 14.5. The van der Waals surface area contributed by atoms with Crippen molar-refractivity contribution in [3.63, 3.8) is 0 Å². The Morgan fingerprint density at radius 3 is 2.88 bits per heavy atom. The second-order valence-corrected chi connectivity index (χ2v) is 7.93. The lowest BCUT2D eigenvalue weighted by Gasteiger charge is -2.07. The molecule has 0 saturated heterocycles. The number of nitrogens with zero attached hydrogens (tertiary/aromatic N) is 2. The van der Waals surface area contributed by atoms with Gasteiger partial charge < -0.3 is 9.88 Å². The minimum Gasteiger partial charge on any atom is -0.346 e. The molecule has 0 unspecified atom stereocenters. The molecular weight excluding hydrogens is 362 g/mol. The van der Waals surface area contributed by atoms with E-state index in [0.29, 0.717) is 12.2 Å². The van der Waals surface area contributed by atoms with Crippen molar-refractivity contribution < 1.29 is 4.79 Å². The van der Waals surface area contributed by atoms with Crippen molar-refractivity contribution in [1.82, 2.24) is 14.9 Å². The van der Waals surface area contributed by atoms with Crippen LogP contribution in [0, 0.1) is 0 Å². The Hall–Kier alpha value is -2.44. The van der Waals surface area contributed by atoms with Gasteiger partial charge >= 0.3 is 0 Å². The minimum absolute atomic E-state index is 0.126. The molecule has 3 heterocycles. The number of carbonyl (C=O) groups is 1. The van der Waals surface area contributed by atoms with Gasteiger partial charge in [0.15, 0.2) is 0 Å². The first-order valence-corrected chi connectivity index (χ1v) is 10.4. The molecule has 132 valence electrons. The summed E-state index contributed by atoms with van der Waals surface area (Å²) in [6.45, 7) is 3.64. The normalized spacial score (nSPS) is 11.1. The third-order valence-corrected chi connectivity index (χ3v) is 5.96. The van der Waals surface area contributed by atoms with E-state index in [4.69, 9.17) is 0 Å². The van der Waals surface area contributed by atoms with E-state index >= 15 is 0 Å². The van der Waals surface area contributed by atoms with Gasteiger partial charge in [0, 0.05) is 27.7 Å². The van der Waals surface area contributed by atoms with E-state index in [9.17, 15) is 4.79 Å². The quantitative estimate of drug-likeness (QED) is 0.501. The van der Waals surface area contributed by atoms with Crippen LogP contribution >= 0.6 is 22.7 Å². The van der Waals surface area contributed by atoms with Crippen LogP contribution < -0.4 is 5.32 Å². The molecule has 0 saturated carbocycles. The highest BCUT2D eigenvalue weighted by Gasteiger charge is 2.16. The number of benzene rings is 1. The third-order valence-electron chi connectivity index (χ3n) is 4.22. The Labute approximate surface area is 160 Å². The highest BCUT2D eigenvalue weighted by molar-refractivity contribution is 7.13. The van der Waals surface area contributed by atoms with Gasteiger partial charge in [0.2, 0.25) is 0 Å². The van der Waals surface area contributed by atoms with E-state index in [1.54, 1.807) is 11.3 Å². The zero-order valence-electron chi connectivity index (χ0n) is 14.4.